The van der Waals surface area contributed by atoms with E-state index in [1.165, 1.54) is 0 Å². The van der Waals surface area contributed by atoms with Crippen LogP contribution in [0.15, 0.2) is 30.3 Å². The summed E-state index contributed by atoms with van der Waals surface area (Å²) < 4.78 is 5.40. The van der Waals surface area contributed by atoms with Gasteiger partial charge in [0, 0.05) is 19.8 Å². The molecule has 0 aliphatic carbocycles. The van der Waals surface area contributed by atoms with Gasteiger partial charge in [0.1, 0.15) is 0 Å². The number of ether oxygens (including phenoxy) is 1. The molecule has 0 aliphatic heterocycles. The normalized spacial score (nSPS) is 12.0. The Balaban J connectivity index is 2.16. The lowest BCUT2D eigenvalue weighted by atomic mass is 10.0. The lowest BCUT2D eigenvalue weighted by molar-refractivity contribution is 0.132. The Hall–Kier alpha value is -1.37. The molecule has 0 saturated carbocycles. The first-order valence-corrected chi connectivity index (χ1v) is 6.61. The Morgan fingerprint density at radius 1 is 1.28 bits per heavy atom. The lowest BCUT2D eigenvalue weighted by Gasteiger charge is -2.10. The Morgan fingerprint density at radius 2 is 2.06 bits per heavy atom. The van der Waals surface area contributed by atoms with Crippen LogP contribution in [0.25, 0.3) is 0 Å². The molecule has 0 aliphatic rings. The number of hydrogen-bond acceptors (Lipinski definition) is 3. The monoisotopic (exact) mass is 246 g/mol. The van der Waals surface area contributed by atoms with E-state index in [0.29, 0.717) is 6.54 Å². The van der Waals surface area contributed by atoms with E-state index < -0.39 is 0 Å². The van der Waals surface area contributed by atoms with E-state index in [0.717, 1.165) is 38.2 Å². The highest BCUT2D eigenvalue weighted by Crippen LogP contribution is 2.12. The molecule has 0 radical (unpaired) electrons. The van der Waals surface area contributed by atoms with Crippen molar-refractivity contribution < 1.29 is 4.74 Å². The summed E-state index contributed by atoms with van der Waals surface area (Å²) in [5, 5.41) is 12.4. The maximum absolute atomic E-state index is 9.14. The van der Waals surface area contributed by atoms with Gasteiger partial charge in [-0.2, -0.15) is 5.26 Å². The highest BCUT2D eigenvalue weighted by Gasteiger charge is 2.08. The van der Waals surface area contributed by atoms with Gasteiger partial charge in [-0.1, -0.05) is 37.3 Å². The molecule has 0 saturated heterocycles. The quantitative estimate of drug-likeness (QED) is 0.681. The van der Waals surface area contributed by atoms with Gasteiger partial charge < -0.3 is 10.1 Å². The van der Waals surface area contributed by atoms with E-state index in [1.54, 1.807) is 0 Å². The number of benzene rings is 1. The zero-order valence-corrected chi connectivity index (χ0v) is 11.1. The van der Waals surface area contributed by atoms with Gasteiger partial charge in [-0.25, -0.2) is 0 Å². The van der Waals surface area contributed by atoms with Gasteiger partial charge in [-0.15, -0.1) is 0 Å². The van der Waals surface area contributed by atoms with Gasteiger partial charge in [-0.3, -0.25) is 0 Å². The van der Waals surface area contributed by atoms with Gasteiger partial charge in [0.25, 0.3) is 0 Å². The van der Waals surface area contributed by atoms with Crippen molar-refractivity contribution in [1.29, 1.82) is 5.26 Å². The molecule has 98 valence electrons. The topological polar surface area (TPSA) is 45.0 Å². The van der Waals surface area contributed by atoms with Gasteiger partial charge in [-0.05, 0) is 24.9 Å². The Labute approximate surface area is 110 Å². The van der Waals surface area contributed by atoms with Crippen LogP contribution >= 0.6 is 0 Å². The van der Waals surface area contributed by atoms with Crippen LogP contribution in [0.2, 0.25) is 0 Å². The first kappa shape index (κ1) is 14.7. The Kier molecular flexibility index (Phi) is 7.87. The molecule has 0 fully saturated rings. The molecule has 3 heteroatoms. The van der Waals surface area contributed by atoms with E-state index in [9.17, 15) is 0 Å². The third-order valence-electron chi connectivity index (χ3n) is 2.70. The molecule has 1 aromatic carbocycles. The minimum atomic E-state index is -0.0669. The molecule has 0 bridgehead atoms. The lowest BCUT2D eigenvalue weighted by Crippen LogP contribution is -2.23. The minimum Gasteiger partial charge on any atom is -0.381 e. The average Bonchev–Trinajstić information content (AvgIpc) is 2.43. The number of rotatable bonds is 9. The first-order chi connectivity index (χ1) is 8.88. The number of nitriles is 1. The standard InChI is InChI=1S/C15H22N2O/c1-2-10-18-11-6-9-17-13-15(12-16)14-7-4-3-5-8-14/h3-5,7-8,15,17H,2,6,9-11,13H2,1H3. The van der Waals surface area contributed by atoms with Crippen LogP contribution in [0.4, 0.5) is 0 Å². The minimum absolute atomic E-state index is 0.0669. The zero-order valence-electron chi connectivity index (χ0n) is 11.1. The highest BCUT2D eigenvalue weighted by molar-refractivity contribution is 5.24. The number of nitrogens with one attached hydrogen (secondary N) is 1. The maximum Gasteiger partial charge on any atom is 0.0837 e. The van der Waals surface area contributed by atoms with E-state index in [-0.39, 0.29) is 5.92 Å². The number of hydrogen-bond donors (Lipinski definition) is 1. The summed E-state index contributed by atoms with van der Waals surface area (Å²) in [5.41, 5.74) is 1.08. The molecule has 1 unspecified atom stereocenters. The van der Waals surface area contributed by atoms with Gasteiger partial charge in [0.2, 0.25) is 0 Å². The van der Waals surface area contributed by atoms with Crippen LogP contribution in [0.3, 0.4) is 0 Å². The van der Waals surface area contributed by atoms with E-state index >= 15 is 0 Å². The molecule has 0 amide bonds. The summed E-state index contributed by atoms with van der Waals surface area (Å²) in [7, 11) is 0. The van der Waals surface area contributed by atoms with Crippen LogP contribution in [-0.4, -0.2) is 26.3 Å². The van der Waals surface area contributed by atoms with Crippen molar-refractivity contribution in [2.45, 2.75) is 25.7 Å². The molecule has 1 rings (SSSR count). The summed E-state index contributed by atoms with van der Waals surface area (Å²) in [6.07, 6.45) is 2.06. The third-order valence-corrected chi connectivity index (χ3v) is 2.70. The molecule has 0 spiro atoms. The van der Waals surface area contributed by atoms with Crippen molar-refractivity contribution in [2.24, 2.45) is 0 Å². The molecule has 0 aromatic heterocycles. The fourth-order valence-corrected chi connectivity index (χ4v) is 1.72. The van der Waals surface area contributed by atoms with Crippen LogP contribution in [0.5, 0.6) is 0 Å². The average molecular weight is 246 g/mol. The Morgan fingerprint density at radius 3 is 2.72 bits per heavy atom. The van der Waals surface area contributed by atoms with Gasteiger partial charge >= 0.3 is 0 Å². The predicted molar refractivity (Wildman–Crippen MR) is 73.4 cm³/mol. The van der Waals surface area contributed by atoms with Crippen molar-refractivity contribution in [3.8, 4) is 6.07 Å². The predicted octanol–water partition coefficient (Wildman–Crippen LogP) is 2.70. The molecular weight excluding hydrogens is 224 g/mol. The summed E-state index contributed by atoms with van der Waals surface area (Å²) in [4.78, 5) is 0. The number of nitrogens with zero attached hydrogens (tertiary/aromatic N) is 1. The highest BCUT2D eigenvalue weighted by atomic mass is 16.5. The van der Waals surface area contributed by atoms with Crippen LogP contribution in [-0.2, 0) is 4.74 Å². The van der Waals surface area contributed by atoms with Gasteiger partial charge in [0.05, 0.1) is 12.0 Å². The summed E-state index contributed by atoms with van der Waals surface area (Å²) >= 11 is 0. The molecule has 1 aromatic rings. The van der Waals surface area contributed by atoms with E-state index in [4.69, 9.17) is 10.00 Å². The Bertz CT molecular complexity index is 345. The van der Waals surface area contributed by atoms with Crippen molar-refractivity contribution >= 4 is 0 Å². The SMILES string of the molecule is CCCOCCCNCC(C#N)c1ccccc1. The second-order valence-corrected chi connectivity index (χ2v) is 4.26. The van der Waals surface area contributed by atoms with Crippen molar-refractivity contribution in [1.82, 2.24) is 5.32 Å². The maximum atomic E-state index is 9.14. The fourth-order valence-electron chi connectivity index (χ4n) is 1.72. The molecule has 18 heavy (non-hydrogen) atoms. The van der Waals surface area contributed by atoms with Crippen LogP contribution in [0, 0.1) is 11.3 Å². The largest absolute Gasteiger partial charge is 0.381 e. The first-order valence-electron chi connectivity index (χ1n) is 6.61. The van der Waals surface area contributed by atoms with Crippen molar-refractivity contribution in [3.05, 3.63) is 35.9 Å². The third kappa shape index (κ3) is 5.81. The second-order valence-electron chi connectivity index (χ2n) is 4.26. The second kappa shape index (κ2) is 9.64. The van der Waals surface area contributed by atoms with E-state index in [1.807, 2.05) is 30.3 Å². The molecular formula is C15H22N2O. The summed E-state index contributed by atoms with van der Waals surface area (Å²) in [5.74, 6) is -0.0669. The zero-order chi connectivity index (χ0) is 13.1. The van der Waals surface area contributed by atoms with Gasteiger partial charge in [0.15, 0.2) is 0 Å². The smallest absolute Gasteiger partial charge is 0.0837 e. The summed E-state index contributed by atoms with van der Waals surface area (Å²) in [6, 6.07) is 12.2. The molecule has 1 atom stereocenters. The summed E-state index contributed by atoms with van der Waals surface area (Å²) in [6.45, 7) is 5.34. The van der Waals surface area contributed by atoms with E-state index in [2.05, 4.69) is 18.3 Å². The molecule has 1 N–H and O–H groups in total. The fraction of sp³-hybridized carbons (Fsp3) is 0.533. The van der Waals surface area contributed by atoms with Crippen molar-refractivity contribution in [3.63, 3.8) is 0 Å². The molecule has 3 nitrogen and oxygen atoms in total. The van der Waals surface area contributed by atoms with Crippen LogP contribution in [0.1, 0.15) is 31.2 Å². The van der Waals surface area contributed by atoms with Crippen molar-refractivity contribution in [2.75, 3.05) is 26.3 Å². The van der Waals surface area contributed by atoms with Crippen LogP contribution < -0.4 is 5.32 Å². The molecule has 0 heterocycles.